The van der Waals surface area contributed by atoms with E-state index in [1.165, 1.54) is 6.92 Å². The number of carboxylic acids is 1. The number of hydrogen-bond acceptors (Lipinski definition) is 2. The van der Waals surface area contributed by atoms with Crippen molar-refractivity contribution in [2.45, 2.75) is 26.3 Å². The Bertz CT molecular complexity index is 430. The van der Waals surface area contributed by atoms with E-state index < -0.39 is 17.8 Å². The lowest BCUT2D eigenvalue weighted by Gasteiger charge is -2.15. The van der Waals surface area contributed by atoms with E-state index in [1.807, 2.05) is 31.2 Å². The van der Waals surface area contributed by atoms with Gasteiger partial charge in [0.25, 0.3) is 0 Å². The summed E-state index contributed by atoms with van der Waals surface area (Å²) in [6.45, 7) is 3.23. The Morgan fingerprint density at radius 2 is 1.83 bits per heavy atom. The smallest absolute Gasteiger partial charge is 0.315 e. The second-order valence-electron chi connectivity index (χ2n) is 4.30. The van der Waals surface area contributed by atoms with Crippen molar-refractivity contribution < 1.29 is 14.7 Å². The molecular weight excluding hydrogens is 298 g/mol. The first-order chi connectivity index (χ1) is 8.40. The summed E-state index contributed by atoms with van der Waals surface area (Å²) in [7, 11) is 0. The maximum Gasteiger partial charge on any atom is 0.315 e. The molecule has 1 aromatic rings. The Morgan fingerprint density at radius 3 is 2.33 bits per heavy atom. The van der Waals surface area contributed by atoms with Gasteiger partial charge in [0.15, 0.2) is 0 Å². The van der Waals surface area contributed by atoms with Crippen LogP contribution in [0, 0.1) is 5.92 Å². The highest BCUT2D eigenvalue weighted by molar-refractivity contribution is 9.10. The largest absolute Gasteiger partial charge is 0.481 e. The molecule has 1 amide bonds. The van der Waals surface area contributed by atoms with Gasteiger partial charge in [-0.05, 0) is 38.0 Å². The Kier molecular flexibility index (Phi) is 5.34. The standard InChI is InChI=1S/C13H16BrNO3/c1-8(15-12(16)9(2)13(17)18)7-10-3-5-11(14)6-4-10/h3-6,8-9H,7H2,1-2H3,(H,15,16)(H,17,18). The summed E-state index contributed by atoms with van der Waals surface area (Å²) in [6, 6.07) is 7.70. The zero-order valence-electron chi connectivity index (χ0n) is 10.3. The zero-order valence-corrected chi connectivity index (χ0v) is 11.9. The molecular formula is C13H16BrNO3. The minimum atomic E-state index is -1.11. The summed E-state index contributed by atoms with van der Waals surface area (Å²) < 4.78 is 1.00. The number of carbonyl (C=O) groups excluding carboxylic acids is 1. The molecule has 18 heavy (non-hydrogen) atoms. The summed E-state index contributed by atoms with van der Waals surface area (Å²) in [5.41, 5.74) is 1.09. The molecule has 0 aromatic heterocycles. The van der Waals surface area contributed by atoms with Gasteiger partial charge in [0.1, 0.15) is 5.92 Å². The molecule has 1 rings (SSSR count). The predicted molar refractivity (Wildman–Crippen MR) is 72.3 cm³/mol. The van der Waals surface area contributed by atoms with Gasteiger partial charge in [-0.1, -0.05) is 28.1 Å². The Morgan fingerprint density at radius 1 is 1.28 bits per heavy atom. The van der Waals surface area contributed by atoms with Crippen LogP contribution in [-0.2, 0) is 16.0 Å². The second-order valence-corrected chi connectivity index (χ2v) is 5.22. The highest BCUT2D eigenvalue weighted by Gasteiger charge is 2.21. The third-order valence-electron chi connectivity index (χ3n) is 2.61. The third kappa shape index (κ3) is 4.49. The van der Waals surface area contributed by atoms with Crippen LogP contribution in [0.3, 0.4) is 0 Å². The van der Waals surface area contributed by atoms with Crippen molar-refractivity contribution in [2.24, 2.45) is 5.92 Å². The van der Waals surface area contributed by atoms with E-state index in [0.29, 0.717) is 6.42 Å². The van der Waals surface area contributed by atoms with Crippen LogP contribution >= 0.6 is 15.9 Å². The minimum Gasteiger partial charge on any atom is -0.481 e. The maximum absolute atomic E-state index is 11.5. The Balaban J connectivity index is 2.51. The summed E-state index contributed by atoms with van der Waals surface area (Å²) in [4.78, 5) is 22.2. The highest BCUT2D eigenvalue weighted by atomic mass is 79.9. The third-order valence-corrected chi connectivity index (χ3v) is 3.14. The predicted octanol–water partition coefficient (Wildman–Crippen LogP) is 2.22. The summed E-state index contributed by atoms with van der Waals surface area (Å²) in [5, 5.41) is 11.4. The van der Waals surface area contributed by atoms with Gasteiger partial charge >= 0.3 is 5.97 Å². The summed E-state index contributed by atoms with van der Waals surface area (Å²) >= 11 is 3.35. The highest BCUT2D eigenvalue weighted by Crippen LogP contribution is 2.12. The first-order valence-electron chi connectivity index (χ1n) is 5.67. The van der Waals surface area contributed by atoms with Gasteiger partial charge in [-0.25, -0.2) is 0 Å². The fraction of sp³-hybridized carbons (Fsp3) is 0.385. The first-order valence-corrected chi connectivity index (χ1v) is 6.47. The molecule has 0 aliphatic rings. The van der Waals surface area contributed by atoms with E-state index in [2.05, 4.69) is 21.2 Å². The van der Waals surface area contributed by atoms with E-state index >= 15 is 0 Å². The molecule has 0 bridgehead atoms. The van der Waals surface area contributed by atoms with Crippen molar-refractivity contribution in [1.29, 1.82) is 0 Å². The molecule has 0 aliphatic carbocycles. The normalized spacial score (nSPS) is 13.7. The number of nitrogens with one attached hydrogen (secondary N) is 1. The average molecular weight is 314 g/mol. The molecule has 2 unspecified atom stereocenters. The van der Waals surface area contributed by atoms with Crippen molar-refractivity contribution in [3.05, 3.63) is 34.3 Å². The van der Waals surface area contributed by atoms with E-state index in [9.17, 15) is 9.59 Å². The van der Waals surface area contributed by atoms with Crippen LogP contribution in [0.2, 0.25) is 0 Å². The molecule has 0 heterocycles. The van der Waals surface area contributed by atoms with Gasteiger partial charge < -0.3 is 10.4 Å². The number of halogens is 1. The lowest BCUT2D eigenvalue weighted by Crippen LogP contribution is -2.40. The van der Waals surface area contributed by atoms with E-state index in [1.54, 1.807) is 0 Å². The molecule has 0 aliphatic heterocycles. The van der Waals surface area contributed by atoms with E-state index in [4.69, 9.17) is 5.11 Å². The number of carbonyl (C=O) groups is 2. The first kappa shape index (κ1) is 14.7. The number of aliphatic carboxylic acids is 1. The van der Waals surface area contributed by atoms with Crippen LogP contribution < -0.4 is 5.32 Å². The molecule has 1 aromatic carbocycles. The SMILES string of the molecule is CC(Cc1ccc(Br)cc1)NC(=O)C(C)C(=O)O. The molecule has 0 saturated heterocycles. The van der Waals surface area contributed by atoms with Gasteiger partial charge in [-0.2, -0.15) is 0 Å². The van der Waals surface area contributed by atoms with E-state index in [0.717, 1.165) is 10.0 Å². The van der Waals surface area contributed by atoms with E-state index in [-0.39, 0.29) is 6.04 Å². The van der Waals surface area contributed by atoms with Gasteiger partial charge in [-0.15, -0.1) is 0 Å². The number of benzene rings is 1. The van der Waals surface area contributed by atoms with Crippen LogP contribution in [0.1, 0.15) is 19.4 Å². The van der Waals surface area contributed by atoms with Crippen LogP contribution in [0.5, 0.6) is 0 Å². The molecule has 2 N–H and O–H groups in total. The average Bonchev–Trinajstić information content (AvgIpc) is 2.30. The van der Waals surface area contributed by atoms with Crippen molar-refractivity contribution >= 4 is 27.8 Å². The molecule has 0 radical (unpaired) electrons. The van der Waals surface area contributed by atoms with Crippen LogP contribution in [0.25, 0.3) is 0 Å². The minimum absolute atomic E-state index is 0.0968. The molecule has 5 heteroatoms. The molecule has 0 fully saturated rings. The molecule has 4 nitrogen and oxygen atoms in total. The molecule has 0 spiro atoms. The van der Waals surface area contributed by atoms with Gasteiger partial charge in [0, 0.05) is 10.5 Å². The fourth-order valence-corrected chi connectivity index (χ4v) is 1.77. The van der Waals surface area contributed by atoms with Crippen LogP contribution in [0.15, 0.2) is 28.7 Å². The van der Waals surface area contributed by atoms with Gasteiger partial charge in [-0.3, -0.25) is 9.59 Å². The van der Waals surface area contributed by atoms with Crippen molar-refractivity contribution in [2.75, 3.05) is 0 Å². The molecule has 2 atom stereocenters. The maximum atomic E-state index is 11.5. The van der Waals surface area contributed by atoms with Crippen molar-refractivity contribution in [3.8, 4) is 0 Å². The number of hydrogen-bond donors (Lipinski definition) is 2. The van der Waals surface area contributed by atoms with Crippen molar-refractivity contribution in [1.82, 2.24) is 5.32 Å². The van der Waals surface area contributed by atoms with Gasteiger partial charge in [0.05, 0.1) is 0 Å². The lowest BCUT2D eigenvalue weighted by atomic mass is 10.1. The molecule has 98 valence electrons. The van der Waals surface area contributed by atoms with Crippen LogP contribution in [-0.4, -0.2) is 23.0 Å². The van der Waals surface area contributed by atoms with Crippen molar-refractivity contribution in [3.63, 3.8) is 0 Å². The topological polar surface area (TPSA) is 66.4 Å². The summed E-state index contributed by atoms with van der Waals surface area (Å²) in [6.07, 6.45) is 0.672. The zero-order chi connectivity index (χ0) is 13.7. The quantitative estimate of drug-likeness (QED) is 0.819. The van der Waals surface area contributed by atoms with Crippen LogP contribution in [0.4, 0.5) is 0 Å². The lowest BCUT2D eigenvalue weighted by molar-refractivity contribution is -0.146. The number of carboxylic acid groups (broad SMARTS) is 1. The number of rotatable bonds is 5. The Labute approximate surface area is 115 Å². The molecule has 0 saturated carbocycles. The second kappa shape index (κ2) is 6.54. The number of amides is 1. The van der Waals surface area contributed by atoms with Gasteiger partial charge in [0.2, 0.25) is 5.91 Å². The monoisotopic (exact) mass is 313 g/mol. The fourth-order valence-electron chi connectivity index (χ4n) is 1.51. The summed E-state index contributed by atoms with van der Waals surface area (Å²) in [5.74, 6) is -2.58. The Hall–Kier alpha value is -1.36.